The van der Waals surface area contributed by atoms with Crippen LogP contribution in [0.15, 0.2) is 36.4 Å². The van der Waals surface area contributed by atoms with E-state index in [2.05, 4.69) is 23.5 Å². The highest BCUT2D eigenvalue weighted by atomic mass is 14.9. The fraction of sp³-hybridized carbons (Fsp3) is 0.200. The molecule has 0 saturated carbocycles. The number of nitrogens with one attached hydrogen (secondary N) is 1. The predicted molar refractivity (Wildman–Crippen MR) is 77.0 cm³/mol. The van der Waals surface area contributed by atoms with Crippen LogP contribution >= 0.6 is 0 Å². The normalized spacial score (nSPS) is 13.3. The average Bonchev–Trinajstić information content (AvgIpc) is 2.81. The zero-order chi connectivity index (χ0) is 12.5. The van der Waals surface area contributed by atoms with Crippen molar-refractivity contribution in [2.45, 2.75) is 19.3 Å². The first-order valence-electron chi connectivity index (χ1n) is 6.26. The van der Waals surface area contributed by atoms with E-state index in [1.165, 1.54) is 30.4 Å². The van der Waals surface area contributed by atoms with Gasteiger partial charge in [-0.1, -0.05) is 6.07 Å². The van der Waals surface area contributed by atoms with E-state index in [0.29, 0.717) is 11.4 Å². The molecule has 1 aliphatic rings. The third-order valence-corrected chi connectivity index (χ3v) is 3.47. The van der Waals surface area contributed by atoms with Crippen molar-refractivity contribution < 1.29 is 0 Å². The largest absolute Gasteiger partial charge is 0.397 e. The molecule has 0 unspecified atom stereocenters. The Morgan fingerprint density at radius 1 is 0.778 bits per heavy atom. The summed E-state index contributed by atoms with van der Waals surface area (Å²) in [6.45, 7) is 0. The molecule has 3 heteroatoms. The molecular weight excluding hydrogens is 222 g/mol. The van der Waals surface area contributed by atoms with Crippen molar-refractivity contribution in [3.05, 3.63) is 47.5 Å². The van der Waals surface area contributed by atoms with E-state index in [9.17, 15) is 0 Å². The van der Waals surface area contributed by atoms with Crippen molar-refractivity contribution in [3.63, 3.8) is 0 Å². The lowest BCUT2D eigenvalue weighted by atomic mass is 10.1. The smallest absolute Gasteiger partial charge is 0.0568 e. The van der Waals surface area contributed by atoms with Gasteiger partial charge in [-0.3, -0.25) is 0 Å². The zero-order valence-corrected chi connectivity index (χ0v) is 10.2. The van der Waals surface area contributed by atoms with E-state index < -0.39 is 0 Å². The monoisotopic (exact) mass is 239 g/mol. The van der Waals surface area contributed by atoms with Crippen LogP contribution < -0.4 is 16.8 Å². The second-order valence-electron chi connectivity index (χ2n) is 4.81. The lowest BCUT2D eigenvalue weighted by molar-refractivity contribution is 0.912. The molecule has 5 N–H and O–H groups in total. The van der Waals surface area contributed by atoms with Crippen LogP contribution in [0.25, 0.3) is 0 Å². The minimum Gasteiger partial charge on any atom is -0.397 e. The quantitative estimate of drug-likeness (QED) is 0.706. The number of hydrogen-bond donors (Lipinski definition) is 3. The van der Waals surface area contributed by atoms with Gasteiger partial charge >= 0.3 is 0 Å². The van der Waals surface area contributed by atoms with Gasteiger partial charge in [0.2, 0.25) is 0 Å². The third-order valence-electron chi connectivity index (χ3n) is 3.47. The zero-order valence-electron chi connectivity index (χ0n) is 10.2. The number of hydrogen-bond acceptors (Lipinski definition) is 3. The molecule has 0 saturated heterocycles. The molecular formula is C15H17N3. The van der Waals surface area contributed by atoms with Gasteiger partial charge in [0.1, 0.15) is 0 Å². The van der Waals surface area contributed by atoms with Crippen molar-refractivity contribution in [2.24, 2.45) is 0 Å². The van der Waals surface area contributed by atoms with Crippen LogP contribution in [0, 0.1) is 0 Å². The second kappa shape index (κ2) is 4.26. The van der Waals surface area contributed by atoms with Crippen molar-refractivity contribution in [3.8, 4) is 0 Å². The Balaban J connectivity index is 1.85. The van der Waals surface area contributed by atoms with E-state index in [1.807, 2.05) is 18.2 Å². The van der Waals surface area contributed by atoms with Gasteiger partial charge in [0, 0.05) is 11.4 Å². The molecule has 18 heavy (non-hydrogen) atoms. The number of benzene rings is 2. The van der Waals surface area contributed by atoms with E-state index >= 15 is 0 Å². The molecule has 0 amide bonds. The summed E-state index contributed by atoms with van der Waals surface area (Å²) in [5.74, 6) is 0. The molecule has 0 atom stereocenters. The molecule has 2 aromatic carbocycles. The molecule has 2 aromatic rings. The predicted octanol–water partition coefficient (Wildman–Crippen LogP) is 3.08. The summed E-state index contributed by atoms with van der Waals surface area (Å²) in [7, 11) is 0. The van der Waals surface area contributed by atoms with Crippen LogP contribution in [0.3, 0.4) is 0 Å². The molecule has 1 aliphatic carbocycles. The summed E-state index contributed by atoms with van der Waals surface area (Å²) in [6, 6.07) is 12.2. The topological polar surface area (TPSA) is 64.1 Å². The molecule has 0 aliphatic heterocycles. The minimum absolute atomic E-state index is 0.612. The number of rotatable bonds is 2. The molecule has 0 bridgehead atoms. The van der Waals surface area contributed by atoms with Gasteiger partial charge in [0.25, 0.3) is 0 Å². The van der Waals surface area contributed by atoms with Gasteiger partial charge in [-0.2, -0.15) is 0 Å². The highest BCUT2D eigenvalue weighted by Crippen LogP contribution is 2.28. The maximum atomic E-state index is 5.80. The standard InChI is InChI=1S/C15H17N3/c16-14-7-6-13(9-15(14)17)18-12-5-4-10-2-1-3-11(10)8-12/h4-9,18H,1-3,16-17H2. The summed E-state index contributed by atoms with van der Waals surface area (Å²) >= 11 is 0. The van der Waals surface area contributed by atoms with Crippen molar-refractivity contribution in [2.75, 3.05) is 16.8 Å². The number of fused-ring (bicyclic) bond motifs is 1. The highest BCUT2D eigenvalue weighted by Gasteiger charge is 2.10. The van der Waals surface area contributed by atoms with E-state index in [4.69, 9.17) is 11.5 Å². The highest BCUT2D eigenvalue weighted by molar-refractivity contribution is 5.72. The van der Waals surface area contributed by atoms with Gasteiger partial charge < -0.3 is 16.8 Å². The van der Waals surface area contributed by atoms with Gasteiger partial charge in [0.15, 0.2) is 0 Å². The Hall–Kier alpha value is -2.16. The molecule has 0 aromatic heterocycles. The molecule has 0 radical (unpaired) electrons. The Morgan fingerprint density at radius 2 is 1.50 bits per heavy atom. The van der Waals surface area contributed by atoms with E-state index in [1.54, 1.807) is 0 Å². The molecule has 0 fully saturated rings. The van der Waals surface area contributed by atoms with Crippen LogP contribution in [0.4, 0.5) is 22.7 Å². The van der Waals surface area contributed by atoms with Crippen molar-refractivity contribution in [1.82, 2.24) is 0 Å². The summed E-state index contributed by atoms with van der Waals surface area (Å²) < 4.78 is 0. The summed E-state index contributed by atoms with van der Waals surface area (Å²) in [5.41, 5.74) is 17.8. The van der Waals surface area contributed by atoms with Crippen LogP contribution in [0.2, 0.25) is 0 Å². The van der Waals surface area contributed by atoms with Gasteiger partial charge in [-0.25, -0.2) is 0 Å². The number of aryl methyl sites for hydroxylation is 2. The average molecular weight is 239 g/mol. The lowest BCUT2D eigenvalue weighted by Gasteiger charge is -2.10. The fourth-order valence-corrected chi connectivity index (χ4v) is 2.47. The van der Waals surface area contributed by atoms with Crippen molar-refractivity contribution in [1.29, 1.82) is 0 Å². The SMILES string of the molecule is Nc1ccc(Nc2ccc3c(c2)CCC3)cc1N. The first-order chi connectivity index (χ1) is 8.72. The van der Waals surface area contributed by atoms with Gasteiger partial charge in [0.05, 0.1) is 11.4 Å². The molecule has 3 rings (SSSR count). The molecule has 3 nitrogen and oxygen atoms in total. The first-order valence-corrected chi connectivity index (χ1v) is 6.26. The van der Waals surface area contributed by atoms with E-state index in [-0.39, 0.29) is 0 Å². The Bertz CT molecular complexity index is 590. The maximum absolute atomic E-state index is 5.80. The van der Waals surface area contributed by atoms with Crippen LogP contribution in [-0.2, 0) is 12.8 Å². The first kappa shape index (κ1) is 11.0. The fourth-order valence-electron chi connectivity index (χ4n) is 2.47. The van der Waals surface area contributed by atoms with E-state index in [0.717, 1.165) is 11.4 Å². The van der Waals surface area contributed by atoms with Gasteiger partial charge in [-0.05, 0) is 60.7 Å². The van der Waals surface area contributed by atoms with Crippen LogP contribution in [-0.4, -0.2) is 0 Å². The molecule has 0 spiro atoms. The third kappa shape index (κ3) is 1.99. The number of anilines is 4. The lowest BCUT2D eigenvalue weighted by Crippen LogP contribution is -1.97. The van der Waals surface area contributed by atoms with Crippen LogP contribution in [0.1, 0.15) is 17.5 Å². The maximum Gasteiger partial charge on any atom is 0.0568 e. The second-order valence-corrected chi connectivity index (χ2v) is 4.81. The van der Waals surface area contributed by atoms with Crippen molar-refractivity contribution >= 4 is 22.7 Å². The molecule has 92 valence electrons. The Labute approximate surface area is 107 Å². The van der Waals surface area contributed by atoms with Crippen LogP contribution in [0.5, 0.6) is 0 Å². The molecule has 0 heterocycles. The summed E-state index contributed by atoms with van der Waals surface area (Å²) in [4.78, 5) is 0. The summed E-state index contributed by atoms with van der Waals surface area (Å²) in [6.07, 6.45) is 3.67. The number of nitrogen functional groups attached to an aromatic ring is 2. The Morgan fingerprint density at radius 3 is 2.33 bits per heavy atom. The minimum atomic E-state index is 0.612. The Kier molecular flexibility index (Phi) is 2.59. The summed E-state index contributed by atoms with van der Waals surface area (Å²) in [5, 5.41) is 3.37. The number of nitrogens with two attached hydrogens (primary N) is 2. The van der Waals surface area contributed by atoms with Gasteiger partial charge in [-0.15, -0.1) is 0 Å².